The predicted octanol–water partition coefficient (Wildman–Crippen LogP) is 5.23. The van der Waals surface area contributed by atoms with Crippen molar-refractivity contribution in [2.24, 2.45) is 0 Å². The number of hydrogen-bond acceptors (Lipinski definition) is 3. The predicted molar refractivity (Wildman–Crippen MR) is 118 cm³/mol. The Kier molecular flexibility index (Phi) is 7.62. The summed E-state index contributed by atoms with van der Waals surface area (Å²) in [6, 6.07) is 8.75. The first kappa shape index (κ1) is 24.1. The first-order chi connectivity index (χ1) is 14.5. The molecule has 0 bridgehead atoms. The van der Waals surface area contributed by atoms with Crippen LogP contribution in [0.15, 0.2) is 42.5 Å². The van der Waals surface area contributed by atoms with Crippen LogP contribution >= 0.6 is 11.6 Å². The van der Waals surface area contributed by atoms with Gasteiger partial charge in [-0.05, 0) is 63.6 Å². The van der Waals surface area contributed by atoms with E-state index in [4.69, 9.17) is 11.6 Å². The molecule has 0 aliphatic carbocycles. The third-order valence-corrected chi connectivity index (χ3v) is 4.85. The fourth-order valence-corrected chi connectivity index (χ4v) is 3.44. The van der Waals surface area contributed by atoms with Crippen LogP contribution < -0.4 is 10.6 Å². The molecular weight excluding hydrogens is 425 g/mol. The molecule has 2 rings (SSSR count). The number of hydrogen-bond donors (Lipinski definition) is 3. The van der Waals surface area contributed by atoms with Crippen LogP contribution in [0.1, 0.15) is 44.5 Å². The molecule has 2 aromatic carbocycles. The van der Waals surface area contributed by atoms with Crippen molar-refractivity contribution in [2.45, 2.75) is 45.7 Å². The molecule has 3 N–H and O–H groups in total. The maximum Gasteiger partial charge on any atom is 0.408 e. The van der Waals surface area contributed by atoms with E-state index >= 15 is 0 Å². The minimum absolute atomic E-state index is 0.00864. The molecule has 9 heteroatoms. The molecule has 0 saturated heterocycles. The molecule has 0 saturated carbocycles. The van der Waals surface area contributed by atoms with E-state index < -0.39 is 35.3 Å². The second-order valence-electron chi connectivity index (χ2n) is 7.86. The molecule has 31 heavy (non-hydrogen) atoms. The van der Waals surface area contributed by atoms with Crippen LogP contribution in [0.3, 0.4) is 0 Å². The molecular formula is C22H25ClFN3O4. The van der Waals surface area contributed by atoms with Gasteiger partial charge in [-0.3, -0.25) is 14.5 Å². The number of rotatable bonds is 6. The summed E-state index contributed by atoms with van der Waals surface area (Å²) in [7, 11) is 0. The lowest BCUT2D eigenvalue weighted by Gasteiger charge is -2.38. The second kappa shape index (κ2) is 9.78. The van der Waals surface area contributed by atoms with Gasteiger partial charge in [-0.15, -0.1) is 0 Å². The Morgan fingerprint density at radius 1 is 1.10 bits per heavy atom. The van der Waals surface area contributed by atoms with Crippen LogP contribution in [0.5, 0.6) is 0 Å². The van der Waals surface area contributed by atoms with E-state index in [1.165, 1.54) is 36.4 Å². The van der Waals surface area contributed by atoms with Crippen molar-refractivity contribution in [3.8, 4) is 0 Å². The molecule has 7 nitrogen and oxygen atoms in total. The smallest absolute Gasteiger partial charge is 0.408 e. The molecule has 2 aromatic rings. The van der Waals surface area contributed by atoms with Gasteiger partial charge in [-0.2, -0.15) is 0 Å². The van der Waals surface area contributed by atoms with Crippen molar-refractivity contribution >= 4 is 40.9 Å². The standard InChI is InChI=1S/C22H25ClFN3O4/c1-5-17(27(21(30)31)22(2,3)4)19(28)26-16-8-6-7-15(23)18(16)20(29)25-14-11-9-13(24)10-12-14/h6-12,17H,5H2,1-4H3,(H,25,29)(H,26,28)(H,30,31)/t17-/m0/s1. The Morgan fingerprint density at radius 2 is 1.71 bits per heavy atom. The number of nitrogens with one attached hydrogen (secondary N) is 2. The van der Waals surface area contributed by atoms with Gasteiger partial charge in [0.15, 0.2) is 0 Å². The number of benzene rings is 2. The van der Waals surface area contributed by atoms with Gasteiger partial charge in [-0.25, -0.2) is 9.18 Å². The van der Waals surface area contributed by atoms with Crippen LogP contribution in [0.25, 0.3) is 0 Å². The highest BCUT2D eigenvalue weighted by molar-refractivity contribution is 6.35. The van der Waals surface area contributed by atoms with Crippen molar-refractivity contribution in [3.05, 3.63) is 58.9 Å². The summed E-state index contributed by atoms with van der Waals surface area (Å²) in [5.74, 6) is -1.64. The van der Waals surface area contributed by atoms with Crippen molar-refractivity contribution in [3.63, 3.8) is 0 Å². The zero-order chi connectivity index (χ0) is 23.3. The summed E-state index contributed by atoms with van der Waals surface area (Å²) >= 11 is 6.22. The molecule has 0 unspecified atom stereocenters. The fourth-order valence-electron chi connectivity index (χ4n) is 3.17. The molecule has 0 radical (unpaired) electrons. The summed E-state index contributed by atoms with van der Waals surface area (Å²) in [6.07, 6.45) is -0.998. The molecule has 1 atom stereocenters. The van der Waals surface area contributed by atoms with Gasteiger partial charge in [-0.1, -0.05) is 24.6 Å². The lowest BCUT2D eigenvalue weighted by Crippen LogP contribution is -2.55. The van der Waals surface area contributed by atoms with E-state index in [0.717, 1.165) is 4.90 Å². The number of amides is 3. The SMILES string of the molecule is CC[C@@H](C(=O)Nc1cccc(Cl)c1C(=O)Nc1ccc(F)cc1)N(C(=O)O)C(C)(C)C. The molecule has 0 spiro atoms. The highest BCUT2D eigenvalue weighted by Crippen LogP contribution is 2.27. The maximum atomic E-state index is 13.1. The van der Waals surface area contributed by atoms with Crippen LogP contribution in [-0.2, 0) is 4.79 Å². The minimum atomic E-state index is -1.23. The average molecular weight is 450 g/mol. The molecule has 0 heterocycles. The summed E-state index contributed by atoms with van der Waals surface area (Å²) in [6.45, 7) is 6.78. The van der Waals surface area contributed by atoms with Gasteiger partial charge in [0.05, 0.1) is 16.3 Å². The fraction of sp³-hybridized carbons (Fsp3) is 0.318. The Labute approximate surface area is 185 Å². The lowest BCUT2D eigenvalue weighted by atomic mass is 10.0. The largest absolute Gasteiger partial charge is 0.465 e. The summed E-state index contributed by atoms with van der Waals surface area (Å²) in [5, 5.41) is 15.0. The summed E-state index contributed by atoms with van der Waals surface area (Å²) in [5.41, 5.74) is -0.329. The molecule has 0 fully saturated rings. The van der Waals surface area contributed by atoms with Gasteiger partial charge in [0.1, 0.15) is 11.9 Å². The number of anilines is 2. The topological polar surface area (TPSA) is 98.7 Å². The number of nitrogens with zero attached hydrogens (tertiary/aromatic N) is 1. The molecule has 0 aliphatic heterocycles. The molecule has 166 valence electrons. The van der Waals surface area contributed by atoms with E-state index in [9.17, 15) is 23.9 Å². The third kappa shape index (κ3) is 5.95. The summed E-state index contributed by atoms with van der Waals surface area (Å²) in [4.78, 5) is 38.7. The third-order valence-electron chi connectivity index (χ3n) is 4.53. The molecule has 3 amide bonds. The summed E-state index contributed by atoms with van der Waals surface area (Å²) < 4.78 is 13.1. The number of carbonyl (C=O) groups excluding carboxylic acids is 2. The van der Waals surface area contributed by atoms with Gasteiger partial charge < -0.3 is 15.7 Å². The quantitative estimate of drug-likeness (QED) is 0.562. The van der Waals surface area contributed by atoms with Crippen molar-refractivity contribution in [1.29, 1.82) is 0 Å². The Bertz CT molecular complexity index is 974. The maximum absolute atomic E-state index is 13.1. The second-order valence-corrected chi connectivity index (χ2v) is 8.27. The minimum Gasteiger partial charge on any atom is -0.465 e. The first-order valence-electron chi connectivity index (χ1n) is 9.64. The first-order valence-corrected chi connectivity index (χ1v) is 10.0. The monoisotopic (exact) mass is 449 g/mol. The van der Waals surface area contributed by atoms with Gasteiger partial charge in [0.2, 0.25) is 5.91 Å². The average Bonchev–Trinajstić information content (AvgIpc) is 2.66. The van der Waals surface area contributed by atoms with E-state index in [0.29, 0.717) is 5.69 Å². The Balaban J connectivity index is 2.33. The van der Waals surface area contributed by atoms with Crippen molar-refractivity contribution in [2.75, 3.05) is 10.6 Å². The van der Waals surface area contributed by atoms with Gasteiger partial charge in [0, 0.05) is 11.2 Å². The van der Waals surface area contributed by atoms with Crippen LogP contribution in [0.4, 0.5) is 20.6 Å². The highest BCUT2D eigenvalue weighted by Gasteiger charge is 2.36. The van der Waals surface area contributed by atoms with E-state index in [2.05, 4.69) is 10.6 Å². The van der Waals surface area contributed by atoms with Gasteiger partial charge >= 0.3 is 6.09 Å². The normalized spacial score (nSPS) is 12.1. The van der Waals surface area contributed by atoms with Gasteiger partial charge in [0.25, 0.3) is 5.91 Å². The molecule has 0 aliphatic rings. The lowest BCUT2D eigenvalue weighted by molar-refractivity contribution is -0.122. The number of carbonyl (C=O) groups is 3. The van der Waals surface area contributed by atoms with Crippen LogP contribution in [-0.4, -0.2) is 39.5 Å². The zero-order valence-electron chi connectivity index (χ0n) is 17.7. The zero-order valence-corrected chi connectivity index (χ0v) is 18.5. The van der Waals surface area contributed by atoms with E-state index in [1.54, 1.807) is 33.8 Å². The van der Waals surface area contributed by atoms with Crippen LogP contribution in [0.2, 0.25) is 5.02 Å². The van der Waals surface area contributed by atoms with Crippen molar-refractivity contribution in [1.82, 2.24) is 4.90 Å². The van der Waals surface area contributed by atoms with E-state index in [-0.39, 0.29) is 22.7 Å². The Hall–Kier alpha value is -3.13. The Morgan fingerprint density at radius 3 is 2.23 bits per heavy atom. The van der Waals surface area contributed by atoms with Crippen LogP contribution in [0, 0.1) is 5.82 Å². The van der Waals surface area contributed by atoms with E-state index in [1.807, 2.05) is 0 Å². The van der Waals surface area contributed by atoms with Crippen molar-refractivity contribution < 1.29 is 23.9 Å². The molecule has 0 aromatic heterocycles. The number of halogens is 2. The number of carboxylic acid groups (broad SMARTS) is 1. The highest BCUT2D eigenvalue weighted by atomic mass is 35.5.